The van der Waals surface area contributed by atoms with Gasteiger partial charge in [0.2, 0.25) is 11.8 Å². The molecule has 0 aromatic heterocycles. The van der Waals surface area contributed by atoms with Gasteiger partial charge in [0, 0.05) is 17.5 Å². The highest BCUT2D eigenvalue weighted by atomic mass is 32.2. The van der Waals surface area contributed by atoms with Crippen molar-refractivity contribution in [2.45, 2.75) is 30.5 Å². The molecule has 1 saturated heterocycles. The highest BCUT2D eigenvalue weighted by molar-refractivity contribution is 8.03. The first kappa shape index (κ1) is 26.2. The maximum absolute atomic E-state index is 13.0. The fourth-order valence-electron chi connectivity index (χ4n) is 3.80. The van der Waals surface area contributed by atoms with Gasteiger partial charge in [0.15, 0.2) is 11.8 Å². The number of nitro groups is 1. The number of benzene rings is 2. The molecule has 1 N–H and O–H groups in total. The van der Waals surface area contributed by atoms with Crippen molar-refractivity contribution in [2.75, 3.05) is 6.26 Å². The van der Waals surface area contributed by atoms with Crippen LogP contribution in [-0.4, -0.2) is 59.7 Å². The van der Waals surface area contributed by atoms with Crippen LogP contribution in [0.4, 0.5) is 5.69 Å². The Labute approximate surface area is 215 Å². The largest absolute Gasteiger partial charge is 0.459 e. The number of carbonyl (C=O) groups excluding carboxylic acids is 3. The van der Waals surface area contributed by atoms with E-state index in [1.54, 1.807) is 24.3 Å². The number of nitrogens with zero attached hydrogens (tertiary/aromatic N) is 2. The van der Waals surface area contributed by atoms with Gasteiger partial charge in [-0.2, -0.15) is 8.42 Å². The number of nitrogens with one attached hydrogen (secondary N) is 1. The maximum Gasteiger partial charge on any atom is 0.337 e. The van der Waals surface area contributed by atoms with Gasteiger partial charge in [0.05, 0.1) is 17.6 Å². The highest BCUT2D eigenvalue weighted by Crippen LogP contribution is 2.41. The van der Waals surface area contributed by atoms with Gasteiger partial charge >= 0.3 is 16.1 Å². The number of carbonyl (C=O) groups is 3. The summed E-state index contributed by atoms with van der Waals surface area (Å²) in [5.41, 5.74) is 1.06. The topological polar surface area (TPSA) is 162 Å². The first-order chi connectivity index (χ1) is 17.5. The van der Waals surface area contributed by atoms with E-state index in [9.17, 15) is 32.9 Å². The first-order valence-electron chi connectivity index (χ1n) is 10.8. The van der Waals surface area contributed by atoms with Gasteiger partial charge in [0.25, 0.3) is 5.69 Å². The lowest BCUT2D eigenvalue weighted by Gasteiger charge is -2.50. The molecule has 0 radical (unpaired) electrons. The minimum atomic E-state index is -4.03. The number of hydrogen-bond donors (Lipinski definition) is 1. The minimum absolute atomic E-state index is 0.0565. The van der Waals surface area contributed by atoms with Crippen LogP contribution in [0.25, 0.3) is 0 Å². The van der Waals surface area contributed by atoms with Crippen LogP contribution in [0.15, 0.2) is 65.8 Å². The predicted molar refractivity (Wildman–Crippen MR) is 131 cm³/mol. The molecule has 2 aromatic carbocycles. The second kappa shape index (κ2) is 10.6. The van der Waals surface area contributed by atoms with Crippen molar-refractivity contribution < 1.29 is 36.6 Å². The predicted octanol–water partition coefficient (Wildman–Crippen LogP) is 1.47. The van der Waals surface area contributed by atoms with E-state index in [-0.39, 0.29) is 30.4 Å². The number of non-ortho nitro benzene ring substituents is 1. The zero-order chi connectivity index (χ0) is 26.7. The van der Waals surface area contributed by atoms with Crippen LogP contribution in [0.3, 0.4) is 0 Å². The van der Waals surface area contributed by atoms with Gasteiger partial charge in [-0.1, -0.05) is 30.3 Å². The first-order valence-corrected chi connectivity index (χ1v) is 13.6. The Kier molecular flexibility index (Phi) is 7.50. The van der Waals surface area contributed by atoms with Gasteiger partial charge < -0.3 is 19.1 Å². The smallest absolute Gasteiger partial charge is 0.337 e. The minimum Gasteiger partial charge on any atom is -0.459 e. The van der Waals surface area contributed by atoms with Gasteiger partial charge in [-0.3, -0.25) is 19.7 Å². The van der Waals surface area contributed by atoms with Crippen LogP contribution in [0, 0.1) is 10.1 Å². The summed E-state index contributed by atoms with van der Waals surface area (Å²) in [5, 5.41) is 14.1. The molecule has 2 unspecified atom stereocenters. The summed E-state index contributed by atoms with van der Waals surface area (Å²) in [6, 6.07) is 11.8. The SMILES string of the molecule is CS(=O)(=O)OC1=CS[C@@H]2C(NC(=O)Cc3ccccc3)C(=O)N2C1C(=O)OCc1ccc([N+](=O)[O-])cc1. The van der Waals surface area contributed by atoms with Crippen LogP contribution in [0.2, 0.25) is 0 Å². The maximum atomic E-state index is 13.0. The molecule has 2 amide bonds. The number of esters is 1. The third-order valence-electron chi connectivity index (χ3n) is 5.47. The number of β-lactam (4-membered cyclic amide) rings is 1. The third-order valence-corrected chi connectivity index (χ3v) is 7.12. The molecule has 0 aliphatic carbocycles. The normalized spacial score (nSPS) is 20.7. The molecule has 37 heavy (non-hydrogen) atoms. The molecular weight excluding hydrogens is 526 g/mol. The number of fused-ring (bicyclic) bond motifs is 1. The number of thioether (sulfide) groups is 1. The number of hydrogen-bond acceptors (Lipinski definition) is 10. The second-order valence-electron chi connectivity index (χ2n) is 8.22. The monoisotopic (exact) mass is 547 g/mol. The molecule has 3 atom stereocenters. The molecule has 1 fully saturated rings. The molecule has 4 rings (SSSR count). The fraction of sp³-hybridized carbons (Fsp3) is 0.261. The second-order valence-corrected chi connectivity index (χ2v) is 10.8. The van der Waals surface area contributed by atoms with Crippen molar-refractivity contribution in [1.29, 1.82) is 0 Å². The zero-order valence-electron chi connectivity index (χ0n) is 19.3. The van der Waals surface area contributed by atoms with Crippen LogP contribution >= 0.6 is 11.8 Å². The lowest BCUT2D eigenvalue weighted by atomic mass is 10.0. The Balaban J connectivity index is 1.47. The number of nitro benzene ring substituents is 1. The zero-order valence-corrected chi connectivity index (χ0v) is 20.9. The van der Waals surface area contributed by atoms with E-state index in [1.165, 1.54) is 29.7 Å². The van der Waals surface area contributed by atoms with Crippen molar-refractivity contribution in [1.82, 2.24) is 10.2 Å². The standard InChI is InChI=1S/C23H21N3O9S2/c1-37(32,33)35-17-13-36-22-19(24-18(27)11-14-5-3-2-4-6-14)21(28)25(22)20(17)23(29)34-12-15-7-9-16(10-8-15)26(30)31/h2-10,13,19-20,22H,11-12H2,1H3,(H,24,27)/t19?,20?,22-/m1/s1. The van der Waals surface area contributed by atoms with Crippen molar-refractivity contribution in [2.24, 2.45) is 0 Å². The van der Waals surface area contributed by atoms with Crippen LogP contribution in [0.1, 0.15) is 11.1 Å². The molecule has 194 valence electrons. The summed E-state index contributed by atoms with van der Waals surface area (Å²) in [5.74, 6) is -2.25. The third kappa shape index (κ3) is 6.09. The van der Waals surface area contributed by atoms with Gasteiger partial charge in [-0.15, -0.1) is 11.8 Å². The summed E-state index contributed by atoms with van der Waals surface area (Å²) in [7, 11) is -4.03. The lowest BCUT2D eigenvalue weighted by molar-refractivity contribution is -0.384. The molecule has 2 aliphatic heterocycles. The summed E-state index contributed by atoms with van der Waals surface area (Å²) in [6.07, 6.45) is 0.857. The van der Waals surface area contributed by atoms with E-state index < -0.39 is 44.4 Å². The Morgan fingerprint density at radius 3 is 2.41 bits per heavy atom. The molecule has 14 heteroatoms. The molecule has 0 bridgehead atoms. The number of ether oxygens (including phenoxy) is 1. The van der Waals surface area contributed by atoms with Crippen molar-refractivity contribution in [3.05, 3.63) is 87.0 Å². The lowest BCUT2D eigenvalue weighted by Crippen LogP contribution is -2.74. The van der Waals surface area contributed by atoms with Gasteiger partial charge in [-0.05, 0) is 23.3 Å². The highest BCUT2D eigenvalue weighted by Gasteiger charge is 2.57. The summed E-state index contributed by atoms with van der Waals surface area (Å²) in [4.78, 5) is 49.8. The summed E-state index contributed by atoms with van der Waals surface area (Å²) >= 11 is 1.03. The average Bonchev–Trinajstić information content (AvgIpc) is 2.85. The molecular formula is C23H21N3O9S2. The van der Waals surface area contributed by atoms with Crippen molar-refractivity contribution in [3.8, 4) is 0 Å². The Hall–Kier alpha value is -3.91. The van der Waals surface area contributed by atoms with E-state index in [2.05, 4.69) is 5.32 Å². The number of amides is 2. The van der Waals surface area contributed by atoms with Crippen LogP contribution < -0.4 is 5.32 Å². The quantitative estimate of drug-likeness (QED) is 0.160. The Bertz CT molecular complexity index is 1360. The van der Waals surface area contributed by atoms with Crippen LogP contribution in [0.5, 0.6) is 0 Å². The van der Waals surface area contributed by atoms with Crippen LogP contribution in [-0.2, 0) is 46.4 Å². The van der Waals surface area contributed by atoms with Gasteiger partial charge in [0.1, 0.15) is 18.0 Å². The molecule has 12 nitrogen and oxygen atoms in total. The summed E-state index contributed by atoms with van der Waals surface area (Å²) < 4.78 is 33.8. The van der Waals surface area contributed by atoms with E-state index in [1.807, 2.05) is 6.07 Å². The molecule has 2 aliphatic rings. The van der Waals surface area contributed by atoms with E-state index in [0.29, 0.717) is 5.56 Å². The molecule has 2 heterocycles. The number of rotatable bonds is 9. The average molecular weight is 548 g/mol. The van der Waals surface area contributed by atoms with E-state index in [0.717, 1.165) is 28.5 Å². The van der Waals surface area contributed by atoms with E-state index >= 15 is 0 Å². The van der Waals surface area contributed by atoms with Gasteiger partial charge in [-0.25, -0.2) is 4.79 Å². The fourth-order valence-corrected chi connectivity index (χ4v) is 5.50. The van der Waals surface area contributed by atoms with E-state index in [4.69, 9.17) is 8.92 Å². The Morgan fingerprint density at radius 2 is 1.78 bits per heavy atom. The summed E-state index contributed by atoms with van der Waals surface area (Å²) in [6.45, 7) is -0.281. The molecule has 0 saturated carbocycles. The molecule has 2 aromatic rings. The Morgan fingerprint density at radius 1 is 1.11 bits per heavy atom. The van der Waals surface area contributed by atoms with Crippen molar-refractivity contribution >= 4 is 45.4 Å². The molecule has 0 spiro atoms. The van der Waals surface area contributed by atoms with Crippen molar-refractivity contribution in [3.63, 3.8) is 0 Å².